The highest BCUT2D eigenvalue weighted by Crippen LogP contribution is 2.20. The van der Waals surface area contributed by atoms with E-state index < -0.39 is 5.60 Å². The molecular weight excluding hydrogens is 218 g/mol. The molecule has 0 bridgehead atoms. The van der Waals surface area contributed by atoms with Crippen LogP contribution in [0, 0.1) is 0 Å². The highest BCUT2D eigenvalue weighted by molar-refractivity contribution is 4.97. The van der Waals surface area contributed by atoms with Crippen LogP contribution in [0.15, 0.2) is 4.52 Å². The van der Waals surface area contributed by atoms with Gasteiger partial charge in [0, 0.05) is 25.6 Å². The van der Waals surface area contributed by atoms with E-state index in [1.54, 1.807) is 7.11 Å². The number of ether oxygens (including phenoxy) is 1. The fourth-order valence-electron chi connectivity index (χ4n) is 1.24. The molecule has 0 spiro atoms. The molecule has 1 N–H and O–H groups in total. The summed E-state index contributed by atoms with van der Waals surface area (Å²) in [4.78, 5) is 4.33. The van der Waals surface area contributed by atoms with Crippen LogP contribution in [-0.4, -0.2) is 29.3 Å². The van der Waals surface area contributed by atoms with Crippen molar-refractivity contribution in [1.29, 1.82) is 0 Å². The number of methoxy groups -OCH3 is 1. The highest BCUT2D eigenvalue weighted by atomic mass is 16.5. The third-order valence-electron chi connectivity index (χ3n) is 2.51. The van der Waals surface area contributed by atoms with Gasteiger partial charge in [-0.15, -0.1) is 0 Å². The maximum atomic E-state index is 5.30. The summed E-state index contributed by atoms with van der Waals surface area (Å²) in [7, 11) is 1.64. The molecule has 0 aliphatic rings. The van der Waals surface area contributed by atoms with Gasteiger partial charge in [-0.1, -0.05) is 5.16 Å². The van der Waals surface area contributed by atoms with Crippen molar-refractivity contribution in [2.75, 3.05) is 13.7 Å². The predicted octanol–water partition coefficient (Wildman–Crippen LogP) is 1.88. The van der Waals surface area contributed by atoms with Crippen molar-refractivity contribution in [1.82, 2.24) is 15.5 Å². The van der Waals surface area contributed by atoms with E-state index in [0.29, 0.717) is 11.7 Å². The summed E-state index contributed by atoms with van der Waals surface area (Å²) < 4.78 is 10.5. The predicted molar refractivity (Wildman–Crippen MR) is 65.8 cm³/mol. The van der Waals surface area contributed by atoms with Gasteiger partial charge in [-0.05, 0) is 34.6 Å². The van der Waals surface area contributed by atoms with Gasteiger partial charge in [0.2, 0.25) is 11.7 Å². The Morgan fingerprint density at radius 2 is 1.88 bits per heavy atom. The molecule has 1 rings (SSSR count). The minimum atomic E-state index is -0.501. The zero-order valence-corrected chi connectivity index (χ0v) is 11.6. The van der Waals surface area contributed by atoms with Crippen molar-refractivity contribution in [3.8, 4) is 0 Å². The summed E-state index contributed by atoms with van der Waals surface area (Å²) in [5.74, 6) is 1.23. The Balaban J connectivity index is 2.52. The van der Waals surface area contributed by atoms with Gasteiger partial charge in [0.1, 0.15) is 5.60 Å². The lowest BCUT2D eigenvalue weighted by molar-refractivity contribution is 0.00973. The molecule has 17 heavy (non-hydrogen) atoms. The van der Waals surface area contributed by atoms with E-state index in [4.69, 9.17) is 9.26 Å². The Morgan fingerprint density at radius 3 is 2.41 bits per heavy atom. The zero-order chi connectivity index (χ0) is 13.1. The molecule has 5 heteroatoms. The molecule has 0 aliphatic carbocycles. The van der Waals surface area contributed by atoms with Gasteiger partial charge in [-0.25, -0.2) is 0 Å². The van der Waals surface area contributed by atoms with Crippen molar-refractivity contribution < 1.29 is 9.26 Å². The first-order chi connectivity index (χ1) is 7.74. The molecule has 0 aliphatic heterocycles. The summed E-state index contributed by atoms with van der Waals surface area (Å²) in [5, 5.41) is 7.31. The van der Waals surface area contributed by atoms with Crippen molar-refractivity contribution in [2.45, 2.75) is 52.2 Å². The van der Waals surface area contributed by atoms with E-state index >= 15 is 0 Å². The Bertz CT molecular complexity index is 353. The first kappa shape index (κ1) is 14.1. The Kier molecular flexibility index (Phi) is 4.27. The Hall–Kier alpha value is -0.940. The molecule has 0 fully saturated rings. The fourth-order valence-corrected chi connectivity index (χ4v) is 1.24. The standard InChI is InChI=1S/C12H23N3O2/c1-11(2,3)13-8-7-9-14-10(15-17-9)12(4,5)16-6/h13H,7-8H2,1-6H3. The van der Waals surface area contributed by atoms with Crippen LogP contribution in [0.4, 0.5) is 0 Å². The monoisotopic (exact) mass is 241 g/mol. The molecule has 0 saturated heterocycles. The minimum absolute atomic E-state index is 0.106. The molecule has 0 radical (unpaired) electrons. The lowest BCUT2D eigenvalue weighted by Crippen LogP contribution is -2.37. The van der Waals surface area contributed by atoms with Crippen LogP contribution in [0.1, 0.15) is 46.3 Å². The summed E-state index contributed by atoms with van der Waals surface area (Å²) >= 11 is 0. The van der Waals surface area contributed by atoms with Crippen molar-refractivity contribution >= 4 is 0 Å². The third kappa shape index (κ3) is 4.44. The number of hydrogen-bond acceptors (Lipinski definition) is 5. The second-order valence-corrected chi connectivity index (χ2v) is 5.65. The fraction of sp³-hybridized carbons (Fsp3) is 0.833. The lowest BCUT2D eigenvalue weighted by atomic mass is 10.1. The van der Waals surface area contributed by atoms with Crippen LogP contribution in [0.5, 0.6) is 0 Å². The van der Waals surface area contributed by atoms with Crippen LogP contribution in [0.3, 0.4) is 0 Å². The average molecular weight is 241 g/mol. The Morgan fingerprint density at radius 1 is 1.24 bits per heavy atom. The molecule has 0 saturated carbocycles. The van der Waals surface area contributed by atoms with Gasteiger partial charge in [0.25, 0.3) is 0 Å². The molecule has 5 nitrogen and oxygen atoms in total. The molecule has 1 aromatic heterocycles. The van der Waals surface area contributed by atoms with Crippen LogP contribution in [0.25, 0.3) is 0 Å². The highest BCUT2D eigenvalue weighted by Gasteiger charge is 2.26. The van der Waals surface area contributed by atoms with Gasteiger partial charge >= 0.3 is 0 Å². The van der Waals surface area contributed by atoms with Crippen molar-refractivity contribution in [3.05, 3.63) is 11.7 Å². The van der Waals surface area contributed by atoms with Crippen LogP contribution in [-0.2, 0) is 16.8 Å². The quantitative estimate of drug-likeness (QED) is 0.853. The maximum absolute atomic E-state index is 5.30. The SMILES string of the molecule is COC(C)(C)c1noc(CCNC(C)(C)C)n1. The maximum Gasteiger partial charge on any atom is 0.228 e. The number of rotatable bonds is 5. The number of aromatic nitrogens is 2. The number of nitrogens with zero attached hydrogens (tertiary/aromatic N) is 2. The number of nitrogens with one attached hydrogen (secondary N) is 1. The summed E-state index contributed by atoms with van der Waals surface area (Å²) in [6.45, 7) is 11.0. The topological polar surface area (TPSA) is 60.2 Å². The first-order valence-corrected chi connectivity index (χ1v) is 5.88. The first-order valence-electron chi connectivity index (χ1n) is 5.88. The van der Waals surface area contributed by atoms with E-state index in [1.807, 2.05) is 13.8 Å². The van der Waals surface area contributed by atoms with E-state index in [0.717, 1.165) is 13.0 Å². The van der Waals surface area contributed by atoms with Gasteiger partial charge in [0.05, 0.1) is 0 Å². The molecular formula is C12H23N3O2. The second kappa shape index (κ2) is 5.14. The Labute approximate surface area is 103 Å². The molecule has 0 atom stereocenters. The minimum Gasteiger partial charge on any atom is -0.371 e. The normalized spacial score (nSPS) is 13.1. The summed E-state index contributed by atoms with van der Waals surface area (Å²) in [6.07, 6.45) is 0.726. The van der Waals surface area contributed by atoms with Crippen molar-refractivity contribution in [2.24, 2.45) is 0 Å². The van der Waals surface area contributed by atoms with Crippen LogP contribution in [0.2, 0.25) is 0 Å². The average Bonchev–Trinajstić information content (AvgIpc) is 2.65. The van der Waals surface area contributed by atoms with Crippen LogP contribution < -0.4 is 5.32 Å². The second-order valence-electron chi connectivity index (χ2n) is 5.65. The van der Waals surface area contributed by atoms with E-state index in [2.05, 4.69) is 36.2 Å². The van der Waals surface area contributed by atoms with Gasteiger partial charge in [0.15, 0.2) is 0 Å². The van der Waals surface area contributed by atoms with Crippen LogP contribution >= 0.6 is 0 Å². The van der Waals surface area contributed by atoms with Gasteiger partial charge in [-0.2, -0.15) is 4.98 Å². The zero-order valence-electron chi connectivity index (χ0n) is 11.6. The summed E-state index contributed by atoms with van der Waals surface area (Å²) in [6, 6.07) is 0. The van der Waals surface area contributed by atoms with Crippen molar-refractivity contribution in [3.63, 3.8) is 0 Å². The molecule has 0 amide bonds. The molecule has 0 aromatic carbocycles. The van der Waals surface area contributed by atoms with Gasteiger partial charge < -0.3 is 14.6 Å². The van der Waals surface area contributed by atoms with E-state index in [9.17, 15) is 0 Å². The lowest BCUT2D eigenvalue weighted by Gasteiger charge is -2.19. The molecule has 1 aromatic rings. The van der Waals surface area contributed by atoms with E-state index in [1.165, 1.54) is 0 Å². The third-order valence-corrected chi connectivity index (χ3v) is 2.51. The molecule has 0 unspecified atom stereocenters. The number of hydrogen-bond donors (Lipinski definition) is 1. The summed E-state index contributed by atoms with van der Waals surface area (Å²) in [5.41, 5.74) is -0.395. The smallest absolute Gasteiger partial charge is 0.228 e. The van der Waals surface area contributed by atoms with Gasteiger partial charge in [-0.3, -0.25) is 0 Å². The molecule has 1 heterocycles. The van der Waals surface area contributed by atoms with E-state index in [-0.39, 0.29) is 5.54 Å². The largest absolute Gasteiger partial charge is 0.371 e. The molecule has 98 valence electrons.